The first-order valence-corrected chi connectivity index (χ1v) is 10.9. The molecule has 4 rings (SSSR count). The lowest BCUT2D eigenvalue weighted by atomic mass is 10.2. The van der Waals surface area contributed by atoms with Gasteiger partial charge in [0.25, 0.3) is 0 Å². The smallest absolute Gasteiger partial charge is 0.174 e. The zero-order valence-corrected chi connectivity index (χ0v) is 18.9. The molecule has 152 valence electrons. The van der Waals surface area contributed by atoms with Crippen molar-refractivity contribution in [2.45, 2.75) is 13.1 Å². The lowest BCUT2D eigenvalue weighted by Crippen LogP contribution is -2.49. The fourth-order valence-electron chi connectivity index (χ4n) is 3.28. The maximum atomic E-state index is 6.26. The number of hydrogen-bond acceptors (Lipinski definition) is 4. The van der Waals surface area contributed by atoms with E-state index in [9.17, 15) is 0 Å². The predicted molar refractivity (Wildman–Crippen MR) is 122 cm³/mol. The number of furan rings is 1. The van der Waals surface area contributed by atoms with Crippen molar-refractivity contribution in [1.29, 1.82) is 0 Å². The van der Waals surface area contributed by atoms with Gasteiger partial charge in [-0.05, 0) is 51.9 Å². The number of piperazine rings is 1. The Morgan fingerprint density at radius 1 is 1.14 bits per heavy atom. The molecule has 0 spiro atoms. The molecule has 6 nitrogen and oxygen atoms in total. The van der Waals surface area contributed by atoms with Crippen LogP contribution in [0.1, 0.15) is 11.3 Å². The van der Waals surface area contributed by atoms with E-state index in [0.717, 1.165) is 53.5 Å². The second kappa shape index (κ2) is 9.30. The molecular formula is C20H21BrClN5OS. The Morgan fingerprint density at radius 3 is 2.66 bits per heavy atom. The first kappa shape index (κ1) is 20.4. The van der Waals surface area contributed by atoms with Crippen molar-refractivity contribution < 1.29 is 4.42 Å². The number of nitrogens with zero attached hydrogens (tertiary/aromatic N) is 4. The molecule has 0 amide bonds. The summed E-state index contributed by atoms with van der Waals surface area (Å²) in [4.78, 5) is 4.54. The minimum atomic E-state index is 0.595. The topological polar surface area (TPSA) is 49.5 Å². The van der Waals surface area contributed by atoms with Gasteiger partial charge in [0, 0.05) is 37.4 Å². The molecule has 3 aromatic rings. The monoisotopic (exact) mass is 493 g/mol. The highest BCUT2D eigenvalue weighted by Crippen LogP contribution is 2.23. The summed E-state index contributed by atoms with van der Waals surface area (Å²) in [6.07, 6.45) is 3.64. The molecule has 2 aromatic heterocycles. The molecule has 0 unspecified atom stereocenters. The zero-order chi connectivity index (χ0) is 20.2. The molecule has 0 atom stereocenters. The van der Waals surface area contributed by atoms with Crippen LogP contribution < -0.4 is 5.32 Å². The van der Waals surface area contributed by atoms with E-state index in [1.807, 2.05) is 47.3 Å². The van der Waals surface area contributed by atoms with Crippen LogP contribution in [-0.2, 0) is 13.1 Å². The van der Waals surface area contributed by atoms with Crippen molar-refractivity contribution in [2.24, 2.45) is 0 Å². The van der Waals surface area contributed by atoms with Crippen molar-refractivity contribution in [3.8, 4) is 0 Å². The Labute approximate surface area is 188 Å². The number of hydrogen-bond donors (Lipinski definition) is 1. The van der Waals surface area contributed by atoms with Crippen LogP contribution in [0.15, 0.2) is 57.7 Å². The third kappa shape index (κ3) is 5.19. The Morgan fingerprint density at radius 2 is 1.93 bits per heavy atom. The standard InChI is InChI=1S/C20H21BrClN5OS/c21-17-14-27(12-15-4-1-2-6-18(15)22)24-19(17)23-20(29)26-9-7-25(8-10-26)13-16-5-3-11-28-16/h1-6,11,14H,7-10,12-13H2,(H,23,24,29). The van der Waals surface area contributed by atoms with Gasteiger partial charge < -0.3 is 14.6 Å². The summed E-state index contributed by atoms with van der Waals surface area (Å²) in [6, 6.07) is 11.7. The number of benzene rings is 1. The average Bonchev–Trinajstić information content (AvgIpc) is 3.34. The molecule has 1 aromatic carbocycles. The molecule has 9 heteroatoms. The largest absolute Gasteiger partial charge is 0.468 e. The third-order valence-electron chi connectivity index (χ3n) is 4.85. The van der Waals surface area contributed by atoms with Crippen LogP contribution in [-0.4, -0.2) is 50.9 Å². The Balaban J connectivity index is 1.32. The zero-order valence-electron chi connectivity index (χ0n) is 15.7. The molecule has 1 N–H and O–H groups in total. The number of rotatable bonds is 5. The molecule has 0 saturated carbocycles. The molecule has 29 heavy (non-hydrogen) atoms. The van der Waals surface area contributed by atoms with Crippen molar-refractivity contribution in [3.63, 3.8) is 0 Å². The van der Waals surface area contributed by atoms with E-state index in [0.29, 0.717) is 17.5 Å². The lowest BCUT2D eigenvalue weighted by Gasteiger charge is -2.35. The molecule has 1 aliphatic heterocycles. The molecule has 3 heterocycles. The third-order valence-corrected chi connectivity index (χ3v) is 6.16. The molecule has 0 radical (unpaired) electrons. The van der Waals surface area contributed by atoms with Crippen molar-refractivity contribution >= 4 is 50.7 Å². The van der Waals surface area contributed by atoms with E-state index in [1.165, 1.54) is 0 Å². The van der Waals surface area contributed by atoms with E-state index in [-0.39, 0.29) is 0 Å². The second-order valence-corrected chi connectivity index (χ2v) is 8.54. The van der Waals surface area contributed by atoms with Crippen LogP contribution in [0, 0.1) is 0 Å². The highest BCUT2D eigenvalue weighted by atomic mass is 79.9. The fourth-order valence-corrected chi connectivity index (χ4v) is 4.17. The van der Waals surface area contributed by atoms with Gasteiger partial charge in [-0.1, -0.05) is 29.8 Å². The Kier molecular flexibility index (Phi) is 6.54. The predicted octanol–water partition coefficient (Wildman–Crippen LogP) is 4.45. The maximum absolute atomic E-state index is 6.26. The average molecular weight is 495 g/mol. The highest BCUT2D eigenvalue weighted by Gasteiger charge is 2.21. The summed E-state index contributed by atoms with van der Waals surface area (Å²) in [5.74, 6) is 1.70. The number of thiocarbonyl (C=S) groups is 1. The van der Waals surface area contributed by atoms with Crippen molar-refractivity contribution in [3.05, 3.63) is 69.7 Å². The van der Waals surface area contributed by atoms with Gasteiger partial charge in [0.15, 0.2) is 10.9 Å². The minimum absolute atomic E-state index is 0.595. The summed E-state index contributed by atoms with van der Waals surface area (Å²) in [5, 5.41) is 9.30. The van der Waals surface area contributed by atoms with Crippen LogP contribution >= 0.6 is 39.7 Å². The van der Waals surface area contributed by atoms with Crippen LogP contribution in [0.25, 0.3) is 0 Å². The SMILES string of the molecule is S=C(Nc1nn(Cc2ccccc2Cl)cc1Br)N1CCN(Cc2ccco2)CC1. The van der Waals surface area contributed by atoms with Crippen LogP contribution in [0.2, 0.25) is 5.02 Å². The summed E-state index contributed by atoms with van der Waals surface area (Å²) in [6.45, 7) is 5.03. The molecule has 1 saturated heterocycles. The molecular weight excluding hydrogens is 474 g/mol. The first-order chi connectivity index (χ1) is 14.1. The maximum Gasteiger partial charge on any atom is 0.174 e. The van der Waals surface area contributed by atoms with Crippen molar-refractivity contribution in [2.75, 3.05) is 31.5 Å². The van der Waals surface area contributed by atoms with Gasteiger partial charge in [0.05, 0.1) is 23.8 Å². The molecule has 1 fully saturated rings. The van der Waals surface area contributed by atoms with E-state index in [2.05, 4.69) is 36.1 Å². The lowest BCUT2D eigenvalue weighted by molar-refractivity contribution is 0.166. The van der Waals surface area contributed by atoms with E-state index in [1.54, 1.807) is 6.26 Å². The van der Waals surface area contributed by atoms with E-state index < -0.39 is 0 Å². The van der Waals surface area contributed by atoms with E-state index in [4.69, 9.17) is 28.2 Å². The van der Waals surface area contributed by atoms with E-state index >= 15 is 0 Å². The fraction of sp³-hybridized carbons (Fsp3) is 0.300. The second-order valence-electron chi connectivity index (χ2n) is 6.89. The first-order valence-electron chi connectivity index (χ1n) is 9.35. The van der Waals surface area contributed by atoms with Crippen molar-refractivity contribution in [1.82, 2.24) is 19.6 Å². The summed E-state index contributed by atoms with van der Waals surface area (Å²) in [7, 11) is 0. The minimum Gasteiger partial charge on any atom is -0.468 e. The van der Waals surface area contributed by atoms with Gasteiger partial charge in [0.2, 0.25) is 0 Å². The molecule has 1 aliphatic rings. The number of halogens is 2. The van der Waals surface area contributed by atoms with Gasteiger partial charge >= 0.3 is 0 Å². The Hall–Kier alpha value is -1.87. The Bertz CT molecular complexity index is 969. The molecule has 0 bridgehead atoms. The quantitative estimate of drug-likeness (QED) is 0.529. The normalized spacial score (nSPS) is 14.9. The van der Waals surface area contributed by atoms with Gasteiger partial charge in [-0.3, -0.25) is 9.58 Å². The number of anilines is 1. The van der Waals surface area contributed by atoms with Gasteiger partial charge in [-0.2, -0.15) is 5.10 Å². The highest BCUT2D eigenvalue weighted by molar-refractivity contribution is 9.10. The summed E-state index contributed by atoms with van der Waals surface area (Å²) >= 11 is 15.4. The van der Waals surface area contributed by atoms with Crippen LogP contribution in [0.5, 0.6) is 0 Å². The summed E-state index contributed by atoms with van der Waals surface area (Å²) < 4.78 is 8.15. The number of nitrogens with one attached hydrogen (secondary N) is 1. The van der Waals surface area contributed by atoms with Gasteiger partial charge in [0.1, 0.15) is 5.76 Å². The van der Waals surface area contributed by atoms with Gasteiger partial charge in [-0.25, -0.2) is 0 Å². The van der Waals surface area contributed by atoms with Crippen LogP contribution in [0.3, 0.4) is 0 Å². The number of aromatic nitrogens is 2. The summed E-state index contributed by atoms with van der Waals surface area (Å²) in [5.41, 5.74) is 1.02. The van der Waals surface area contributed by atoms with Gasteiger partial charge in [-0.15, -0.1) is 0 Å². The van der Waals surface area contributed by atoms with Crippen LogP contribution in [0.4, 0.5) is 5.82 Å². The molecule has 0 aliphatic carbocycles.